The van der Waals surface area contributed by atoms with Crippen molar-refractivity contribution in [1.29, 1.82) is 0 Å². The third-order valence-corrected chi connectivity index (χ3v) is 5.23. The van der Waals surface area contributed by atoms with Gasteiger partial charge in [-0.05, 0) is 31.0 Å². The van der Waals surface area contributed by atoms with Crippen molar-refractivity contribution in [2.75, 3.05) is 0 Å². The number of thioether (sulfide) groups is 1. The van der Waals surface area contributed by atoms with Crippen molar-refractivity contribution in [2.45, 2.75) is 55.7 Å². The lowest BCUT2D eigenvalue weighted by Gasteiger charge is -2.20. The minimum atomic E-state index is -0.220. The fourth-order valence-electron chi connectivity index (χ4n) is 2.63. The second-order valence-electron chi connectivity index (χ2n) is 6.13. The largest absolute Gasteiger partial charge is 0.352 e. The van der Waals surface area contributed by atoms with Crippen LogP contribution in [0.3, 0.4) is 0 Å². The molecule has 0 saturated heterocycles. The molecule has 0 heterocycles. The van der Waals surface area contributed by atoms with Crippen LogP contribution < -0.4 is 5.32 Å². The molecule has 2 atom stereocenters. The second-order valence-corrected chi connectivity index (χ2v) is 7.31. The van der Waals surface area contributed by atoms with E-state index in [0.29, 0.717) is 0 Å². The Hall–Kier alpha value is -1.74. The lowest BCUT2D eigenvalue weighted by Crippen LogP contribution is -2.35. The van der Waals surface area contributed by atoms with Crippen LogP contribution in [0.15, 0.2) is 65.6 Å². The third-order valence-electron chi connectivity index (χ3n) is 3.97. The van der Waals surface area contributed by atoms with Gasteiger partial charge in [0.05, 0.1) is 0 Å². The summed E-state index contributed by atoms with van der Waals surface area (Å²) in [5, 5.41) is 2.98. The molecule has 0 unspecified atom stereocenters. The normalized spacial score (nSPS) is 13.2. The molecule has 24 heavy (non-hydrogen) atoms. The highest BCUT2D eigenvalue weighted by Gasteiger charge is 2.23. The lowest BCUT2D eigenvalue weighted by atomic mass is 10.1. The number of carbonyl (C=O) groups excluding carboxylic acids is 1. The quantitative estimate of drug-likeness (QED) is 0.475. The fourth-order valence-corrected chi connectivity index (χ4v) is 3.68. The number of hydrogen-bond acceptors (Lipinski definition) is 2. The van der Waals surface area contributed by atoms with Gasteiger partial charge in [0.15, 0.2) is 0 Å². The number of benzene rings is 2. The van der Waals surface area contributed by atoms with Gasteiger partial charge in [0.2, 0.25) is 5.91 Å². The third kappa shape index (κ3) is 6.04. The highest BCUT2D eigenvalue weighted by molar-refractivity contribution is 8.00. The first-order chi connectivity index (χ1) is 11.7. The van der Waals surface area contributed by atoms with E-state index in [4.69, 9.17) is 0 Å². The summed E-state index contributed by atoms with van der Waals surface area (Å²) in [6.07, 6.45) is 4.63. The Kier molecular flexibility index (Phi) is 7.90. The monoisotopic (exact) mass is 341 g/mol. The van der Waals surface area contributed by atoms with Crippen molar-refractivity contribution in [1.82, 2.24) is 5.32 Å². The minimum absolute atomic E-state index is 0.0963. The van der Waals surface area contributed by atoms with E-state index >= 15 is 0 Å². The number of rotatable bonds is 9. The summed E-state index contributed by atoms with van der Waals surface area (Å²) in [4.78, 5) is 14.0. The number of amides is 1. The second kappa shape index (κ2) is 10.2. The number of nitrogens with one attached hydrogen (secondary N) is 1. The predicted molar refractivity (Wildman–Crippen MR) is 103 cm³/mol. The van der Waals surface area contributed by atoms with Crippen LogP contribution in [0.5, 0.6) is 0 Å². The number of unbranched alkanes of at least 4 members (excludes halogenated alkanes) is 2. The van der Waals surface area contributed by atoms with Gasteiger partial charge in [0.1, 0.15) is 5.25 Å². The molecule has 2 nitrogen and oxygen atoms in total. The highest BCUT2D eigenvalue weighted by Crippen LogP contribution is 2.35. The molecule has 2 rings (SSSR count). The van der Waals surface area contributed by atoms with Crippen molar-refractivity contribution >= 4 is 17.7 Å². The number of hydrogen-bond donors (Lipinski definition) is 1. The summed E-state index contributed by atoms with van der Waals surface area (Å²) in [6.45, 7) is 4.30. The van der Waals surface area contributed by atoms with Gasteiger partial charge in [0, 0.05) is 10.9 Å². The molecule has 0 radical (unpaired) electrons. The van der Waals surface area contributed by atoms with Crippen LogP contribution in [0.25, 0.3) is 0 Å². The average Bonchev–Trinajstić information content (AvgIpc) is 2.61. The highest BCUT2D eigenvalue weighted by atomic mass is 32.2. The van der Waals surface area contributed by atoms with Crippen molar-refractivity contribution in [2.24, 2.45) is 0 Å². The Bertz CT molecular complexity index is 600. The van der Waals surface area contributed by atoms with E-state index in [-0.39, 0.29) is 17.2 Å². The first-order valence-electron chi connectivity index (χ1n) is 8.77. The summed E-state index contributed by atoms with van der Waals surface area (Å²) in [7, 11) is 0. The van der Waals surface area contributed by atoms with Gasteiger partial charge >= 0.3 is 0 Å². The molecule has 128 valence electrons. The first kappa shape index (κ1) is 18.6. The van der Waals surface area contributed by atoms with Gasteiger partial charge in [-0.3, -0.25) is 4.79 Å². The Morgan fingerprint density at radius 1 is 1.00 bits per heavy atom. The Morgan fingerprint density at radius 3 is 2.25 bits per heavy atom. The van der Waals surface area contributed by atoms with Gasteiger partial charge in [-0.15, -0.1) is 11.8 Å². The zero-order chi connectivity index (χ0) is 17.2. The van der Waals surface area contributed by atoms with Gasteiger partial charge in [-0.1, -0.05) is 74.7 Å². The Morgan fingerprint density at radius 2 is 1.62 bits per heavy atom. The van der Waals surface area contributed by atoms with E-state index < -0.39 is 0 Å². The summed E-state index contributed by atoms with van der Waals surface area (Å²) >= 11 is 1.61. The molecule has 0 aromatic heterocycles. The first-order valence-corrected chi connectivity index (χ1v) is 9.65. The SMILES string of the molecule is CCCCC[C@@H](C)NC(=O)[C@@H](Sc1ccccc1)c1ccccc1. The molecule has 0 aliphatic heterocycles. The van der Waals surface area contributed by atoms with E-state index in [1.165, 1.54) is 19.3 Å². The summed E-state index contributed by atoms with van der Waals surface area (Å²) in [5.41, 5.74) is 1.05. The van der Waals surface area contributed by atoms with Crippen molar-refractivity contribution in [3.8, 4) is 0 Å². The van der Waals surface area contributed by atoms with E-state index in [1.54, 1.807) is 11.8 Å². The molecule has 0 bridgehead atoms. The molecular weight excluding hydrogens is 314 g/mol. The maximum Gasteiger partial charge on any atom is 0.238 e. The van der Waals surface area contributed by atoms with Crippen LogP contribution in [0.1, 0.15) is 50.3 Å². The smallest absolute Gasteiger partial charge is 0.238 e. The molecule has 2 aromatic carbocycles. The molecule has 0 spiro atoms. The lowest BCUT2D eigenvalue weighted by molar-refractivity contribution is -0.121. The van der Waals surface area contributed by atoms with Crippen molar-refractivity contribution < 1.29 is 4.79 Å². The van der Waals surface area contributed by atoms with Crippen molar-refractivity contribution in [3.05, 3.63) is 66.2 Å². The van der Waals surface area contributed by atoms with E-state index in [0.717, 1.165) is 16.9 Å². The van der Waals surface area contributed by atoms with Gasteiger partial charge < -0.3 is 5.32 Å². The minimum Gasteiger partial charge on any atom is -0.352 e. The summed E-state index contributed by atoms with van der Waals surface area (Å²) in [6, 6.07) is 20.4. The molecule has 3 heteroatoms. The molecule has 1 N–H and O–H groups in total. The van der Waals surface area contributed by atoms with Crippen LogP contribution in [0, 0.1) is 0 Å². The van der Waals surface area contributed by atoms with E-state index in [1.807, 2.05) is 48.5 Å². The summed E-state index contributed by atoms with van der Waals surface area (Å²) in [5.74, 6) is 0.0963. The zero-order valence-electron chi connectivity index (χ0n) is 14.6. The topological polar surface area (TPSA) is 29.1 Å². The van der Waals surface area contributed by atoms with Crippen molar-refractivity contribution in [3.63, 3.8) is 0 Å². The van der Waals surface area contributed by atoms with Crippen LogP contribution in [0.4, 0.5) is 0 Å². The fraction of sp³-hybridized carbons (Fsp3) is 0.381. The van der Waals surface area contributed by atoms with E-state index in [2.05, 4.69) is 31.3 Å². The predicted octanol–water partition coefficient (Wildman–Crippen LogP) is 5.61. The average molecular weight is 342 g/mol. The maximum atomic E-state index is 12.9. The van der Waals surface area contributed by atoms with Gasteiger partial charge in [0.25, 0.3) is 0 Å². The summed E-state index contributed by atoms with van der Waals surface area (Å²) < 4.78 is 0. The number of carbonyl (C=O) groups is 1. The molecule has 2 aromatic rings. The molecule has 0 aliphatic carbocycles. The van der Waals surface area contributed by atoms with Gasteiger partial charge in [-0.25, -0.2) is 0 Å². The zero-order valence-corrected chi connectivity index (χ0v) is 15.4. The molecule has 0 saturated carbocycles. The molecule has 0 fully saturated rings. The molecule has 0 aliphatic rings. The van der Waals surface area contributed by atoms with Crippen LogP contribution in [-0.2, 0) is 4.79 Å². The van der Waals surface area contributed by atoms with Crippen LogP contribution >= 0.6 is 11.8 Å². The Labute approximate surface area is 150 Å². The molecular formula is C21H27NOS. The molecule has 1 amide bonds. The maximum absolute atomic E-state index is 12.9. The van der Waals surface area contributed by atoms with Crippen LogP contribution in [-0.4, -0.2) is 11.9 Å². The van der Waals surface area contributed by atoms with Crippen LogP contribution in [0.2, 0.25) is 0 Å². The van der Waals surface area contributed by atoms with Gasteiger partial charge in [-0.2, -0.15) is 0 Å². The standard InChI is InChI=1S/C21H27NOS/c1-3-4-7-12-17(2)22-21(23)20(18-13-8-5-9-14-18)24-19-15-10-6-11-16-19/h5-6,8-11,13-17,20H,3-4,7,12H2,1-2H3,(H,22,23)/t17-,20+/m1/s1. The van der Waals surface area contributed by atoms with E-state index in [9.17, 15) is 4.79 Å². The Balaban J connectivity index is 2.06.